The van der Waals surface area contributed by atoms with Crippen molar-refractivity contribution in [1.82, 2.24) is 0 Å². The summed E-state index contributed by atoms with van der Waals surface area (Å²) in [6.07, 6.45) is 11.1. The highest BCUT2D eigenvalue weighted by molar-refractivity contribution is 6.14. The Morgan fingerprint density at radius 1 is 0.500 bits per heavy atom. The second-order valence-corrected chi connectivity index (χ2v) is 13.4. The lowest BCUT2D eigenvalue weighted by molar-refractivity contribution is 1.11. The largest absolute Gasteiger partial charge is 0.315 e. The molecule has 1 nitrogen and oxygen atoms in total. The number of fused-ring (bicyclic) bond motifs is 6. The molecule has 0 amide bonds. The van der Waals surface area contributed by atoms with E-state index in [2.05, 4.69) is 220 Å². The molecule has 8 aromatic rings. The molecule has 0 atom stereocenters. The number of hydrogen-bond acceptors (Lipinski definition) is 1. The van der Waals surface area contributed by atoms with Gasteiger partial charge in [-0.25, -0.2) is 0 Å². The van der Waals surface area contributed by atoms with Crippen molar-refractivity contribution >= 4 is 60.4 Å². The van der Waals surface area contributed by atoms with Crippen molar-refractivity contribution in [2.24, 2.45) is 0 Å². The number of nitrogens with zero attached hydrogens (tertiary/aromatic N) is 1. The van der Waals surface area contributed by atoms with Crippen LogP contribution in [0.15, 0.2) is 199 Å². The zero-order valence-corrected chi connectivity index (χ0v) is 31.9. The summed E-state index contributed by atoms with van der Waals surface area (Å²) < 4.78 is 0. The van der Waals surface area contributed by atoms with Gasteiger partial charge in [-0.3, -0.25) is 0 Å². The lowest BCUT2D eigenvalue weighted by Gasteiger charge is -2.27. The van der Waals surface area contributed by atoms with Crippen LogP contribution in [-0.4, -0.2) is 0 Å². The highest BCUT2D eigenvalue weighted by Gasteiger charge is 2.15. The minimum absolute atomic E-state index is 1.09. The topological polar surface area (TPSA) is 3.24 Å². The van der Waals surface area contributed by atoms with Gasteiger partial charge < -0.3 is 4.90 Å². The summed E-state index contributed by atoms with van der Waals surface area (Å²) in [6.45, 7) is 10.5. The van der Waals surface area contributed by atoms with Crippen molar-refractivity contribution in [3.05, 3.63) is 211 Å². The Kier molecular flexibility index (Phi) is 11.0. The second kappa shape index (κ2) is 16.5. The van der Waals surface area contributed by atoms with Crippen LogP contribution in [0, 0.1) is 0 Å². The van der Waals surface area contributed by atoms with Gasteiger partial charge in [0.05, 0.1) is 0 Å². The smallest absolute Gasteiger partial charge is 0.0460 e. The fourth-order valence-electron chi connectivity index (χ4n) is 7.51. The average molecular weight is 698 g/mol. The molecule has 0 unspecified atom stereocenters. The van der Waals surface area contributed by atoms with Gasteiger partial charge in [0, 0.05) is 17.1 Å². The van der Waals surface area contributed by atoms with Crippen LogP contribution in [0.25, 0.3) is 65.9 Å². The van der Waals surface area contributed by atoms with E-state index in [-0.39, 0.29) is 0 Å². The maximum Gasteiger partial charge on any atom is 0.0460 e. The molecular formula is C53H47N. The Morgan fingerprint density at radius 2 is 1.02 bits per heavy atom. The van der Waals surface area contributed by atoms with Gasteiger partial charge in [0.15, 0.2) is 0 Å². The van der Waals surface area contributed by atoms with Crippen molar-refractivity contribution in [2.45, 2.75) is 34.6 Å². The third-order valence-electron chi connectivity index (χ3n) is 10.0. The van der Waals surface area contributed by atoms with E-state index in [1.165, 1.54) is 65.4 Å². The quantitative estimate of drug-likeness (QED) is 0.113. The summed E-state index contributed by atoms with van der Waals surface area (Å²) >= 11 is 0. The molecule has 0 radical (unpaired) electrons. The molecule has 8 aromatic carbocycles. The maximum atomic E-state index is 2.36. The van der Waals surface area contributed by atoms with Gasteiger partial charge in [0.1, 0.15) is 0 Å². The van der Waals surface area contributed by atoms with Gasteiger partial charge in [0.25, 0.3) is 0 Å². The van der Waals surface area contributed by atoms with Gasteiger partial charge in [-0.15, -0.1) is 0 Å². The summed E-state index contributed by atoms with van der Waals surface area (Å²) in [4.78, 5) is 2.36. The van der Waals surface area contributed by atoms with E-state index < -0.39 is 0 Å². The number of benzene rings is 8. The van der Waals surface area contributed by atoms with E-state index in [0.29, 0.717) is 0 Å². The molecule has 0 fully saturated rings. The monoisotopic (exact) mass is 697 g/mol. The SMILES string of the molecule is C/C=C\C(=C/c1ccccc1)N(/C(C)=C/C=C(\C)c1cc2ccccc2c2ccccc12)c1ccc(-c2cc3ccccc3c3ccccc23)cc1.CC. The molecule has 0 bridgehead atoms. The van der Waals surface area contributed by atoms with E-state index in [0.717, 1.165) is 22.6 Å². The minimum Gasteiger partial charge on any atom is -0.315 e. The van der Waals surface area contributed by atoms with Gasteiger partial charge in [-0.1, -0.05) is 166 Å². The molecule has 0 aromatic heterocycles. The van der Waals surface area contributed by atoms with Gasteiger partial charge in [0.2, 0.25) is 0 Å². The van der Waals surface area contributed by atoms with Gasteiger partial charge >= 0.3 is 0 Å². The Labute approximate surface area is 320 Å². The lowest BCUT2D eigenvalue weighted by Crippen LogP contribution is -2.19. The first kappa shape index (κ1) is 35.9. The van der Waals surface area contributed by atoms with Crippen LogP contribution in [0.4, 0.5) is 5.69 Å². The van der Waals surface area contributed by atoms with Crippen LogP contribution in [0.5, 0.6) is 0 Å². The Hall–Kier alpha value is -6.44. The van der Waals surface area contributed by atoms with Gasteiger partial charge in [-0.2, -0.15) is 0 Å². The van der Waals surface area contributed by atoms with Crippen LogP contribution in [-0.2, 0) is 0 Å². The lowest BCUT2D eigenvalue weighted by atomic mass is 9.93. The third-order valence-corrected chi connectivity index (χ3v) is 10.0. The second-order valence-electron chi connectivity index (χ2n) is 13.4. The van der Waals surface area contributed by atoms with Crippen LogP contribution in [0.1, 0.15) is 45.7 Å². The Bertz CT molecular complexity index is 2690. The number of anilines is 1. The minimum atomic E-state index is 1.09. The highest BCUT2D eigenvalue weighted by Crippen LogP contribution is 2.37. The predicted octanol–water partition coefficient (Wildman–Crippen LogP) is 15.4. The van der Waals surface area contributed by atoms with E-state index in [9.17, 15) is 0 Å². The van der Waals surface area contributed by atoms with E-state index in [1.807, 2.05) is 13.8 Å². The van der Waals surface area contributed by atoms with Crippen molar-refractivity contribution in [1.29, 1.82) is 0 Å². The van der Waals surface area contributed by atoms with Crippen molar-refractivity contribution in [2.75, 3.05) is 4.90 Å². The first-order chi connectivity index (χ1) is 26.6. The highest BCUT2D eigenvalue weighted by atomic mass is 15.1. The van der Waals surface area contributed by atoms with Crippen molar-refractivity contribution < 1.29 is 0 Å². The molecule has 54 heavy (non-hydrogen) atoms. The number of allylic oxidation sites excluding steroid dienone is 6. The van der Waals surface area contributed by atoms with E-state index in [4.69, 9.17) is 0 Å². The summed E-state index contributed by atoms with van der Waals surface area (Å²) in [5, 5.41) is 10.2. The van der Waals surface area contributed by atoms with Crippen LogP contribution in [0.2, 0.25) is 0 Å². The number of rotatable bonds is 8. The molecule has 0 N–H and O–H groups in total. The van der Waals surface area contributed by atoms with E-state index >= 15 is 0 Å². The zero-order chi connectivity index (χ0) is 37.4. The van der Waals surface area contributed by atoms with Crippen LogP contribution < -0.4 is 4.90 Å². The molecule has 0 aliphatic rings. The summed E-state index contributed by atoms with van der Waals surface area (Å²) in [6, 6.07) is 59.1. The molecule has 0 saturated heterocycles. The summed E-state index contributed by atoms with van der Waals surface area (Å²) in [7, 11) is 0. The molecular weight excluding hydrogens is 651 g/mol. The first-order valence-electron chi connectivity index (χ1n) is 19.1. The Morgan fingerprint density at radius 3 is 1.65 bits per heavy atom. The fraction of sp³-hybridized carbons (Fsp3) is 0.0943. The van der Waals surface area contributed by atoms with Crippen LogP contribution in [0.3, 0.4) is 0 Å². The fourth-order valence-corrected chi connectivity index (χ4v) is 7.51. The third kappa shape index (κ3) is 7.27. The standard InChI is InChI=1S/C51H41N.C2H6/c1-4-16-43(33-38-17-6-5-7-18-38)52(37(3)28-27-36(2)50-34-40-19-8-10-21-44(40)46-23-12-14-25-48(46)50)42-31-29-39(30-32-42)51-35-41-20-9-11-22-45(41)47-24-13-15-26-49(47)51;1-2/h4-35H,1-3H3;1-2H3/b16-4-,36-27+,37-28+,43-33+;. The van der Waals surface area contributed by atoms with Crippen LogP contribution >= 0.6 is 0 Å². The summed E-state index contributed by atoms with van der Waals surface area (Å²) in [5.41, 5.74) is 9.39. The molecule has 264 valence electrons. The number of hydrogen-bond donors (Lipinski definition) is 0. The molecule has 0 aliphatic carbocycles. The van der Waals surface area contributed by atoms with Crippen molar-refractivity contribution in [3.8, 4) is 11.1 Å². The molecule has 0 aliphatic heterocycles. The Balaban J connectivity index is 0.00000221. The maximum absolute atomic E-state index is 2.36. The molecule has 0 spiro atoms. The molecule has 0 heterocycles. The predicted molar refractivity (Wildman–Crippen MR) is 239 cm³/mol. The average Bonchev–Trinajstić information content (AvgIpc) is 3.24. The molecule has 8 rings (SSSR count). The summed E-state index contributed by atoms with van der Waals surface area (Å²) in [5.74, 6) is 0. The van der Waals surface area contributed by atoms with Gasteiger partial charge in [-0.05, 0) is 134 Å². The molecule has 0 saturated carbocycles. The molecule has 1 heteroatoms. The first-order valence-corrected chi connectivity index (χ1v) is 19.1. The van der Waals surface area contributed by atoms with Crippen molar-refractivity contribution in [3.63, 3.8) is 0 Å². The zero-order valence-electron chi connectivity index (χ0n) is 31.9. The normalized spacial score (nSPS) is 12.4. The van der Waals surface area contributed by atoms with E-state index in [1.54, 1.807) is 0 Å².